The molecule has 2 amide bonds. The van der Waals surface area contributed by atoms with Crippen molar-refractivity contribution in [1.82, 2.24) is 10.2 Å². The third-order valence-corrected chi connectivity index (χ3v) is 6.75. The molecule has 0 saturated carbocycles. The minimum atomic E-state index is -0.731. The van der Waals surface area contributed by atoms with Gasteiger partial charge < -0.3 is 24.4 Å². The summed E-state index contributed by atoms with van der Waals surface area (Å²) < 4.78 is 17.4. The molecule has 3 rings (SSSR count). The van der Waals surface area contributed by atoms with Crippen LogP contribution in [-0.4, -0.2) is 49.6 Å². The van der Waals surface area contributed by atoms with Crippen LogP contribution < -0.4 is 19.5 Å². The van der Waals surface area contributed by atoms with E-state index in [0.29, 0.717) is 23.7 Å². The lowest BCUT2D eigenvalue weighted by molar-refractivity contribution is -0.143. The van der Waals surface area contributed by atoms with E-state index >= 15 is 0 Å². The lowest BCUT2D eigenvalue weighted by atomic mass is 10.0. The summed E-state index contributed by atoms with van der Waals surface area (Å²) in [4.78, 5) is 28.9. The quantitative estimate of drug-likeness (QED) is 0.292. The monoisotopic (exact) mass is 582 g/mol. The van der Waals surface area contributed by atoms with Crippen LogP contribution in [0.2, 0.25) is 0 Å². The summed E-state index contributed by atoms with van der Waals surface area (Å²) in [5.41, 5.74) is 1.86. The van der Waals surface area contributed by atoms with Crippen molar-refractivity contribution in [3.05, 3.63) is 88.4 Å². The van der Waals surface area contributed by atoms with Crippen molar-refractivity contribution in [2.45, 2.75) is 45.3 Å². The van der Waals surface area contributed by atoms with Crippen molar-refractivity contribution in [3.8, 4) is 17.2 Å². The Morgan fingerprint density at radius 3 is 2.08 bits per heavy atom. The molecule has 3 aromatic carbocycles. The molecule has 0 spiro atoms. The second-order valence-electron chi connectivity index (χ2n) is 9.01. The number of amides is 2. The van der Waals surface area contributed by atoms with Gasteiger partial charge in [-0.2, -0.15) is 0 Å². The Labute approximate surface area is 233 Å². The molecule has 0 radical (unpaired) electrons. The van der Waals surface area contributed by atoms with E-state index in [9.17, 15) is 9.59 Å². The first-order chi connectivity index (χ1) is 18.3. The SMILES string of the molecule is CC[C@@H](C)NC(=O)[C@H](Cc1ccccc1)N(Cc1ccc(Br)cc1)C(=O)COc1cc(OC)cc(OC)c1. The Balaban J connectivity index is 1.92. The van der Waals surface area contributed by atoms with Crippen LogP contribution in [0.1, 0.15) is 31.4 Å². The second-order valence-corrected chi connectivity index (χ2v) is 9.92. The second kappa shape index (κ2) is 14.4. The van der Waals surface area contributed by atoms with E-state index in [1.807, 2.05) is 68.4 Å². The Morgan fingerprint density at radius 1 is 0.895 bits per heavy atom. The molecule has 8 heteroatoms. The minimum absolute atomic E-state index is 0.0223. The molecule has 0 unspecified atom stereocenters. The zero-order valence-corrected chi connectivity index (χ0v) is 23.9. The molecule has 0 fully saturated rings. The predicted octanol–water partition coefficient (Wildman–Crippen LogP) is 5.40. The van der Waals surface area contributed by atoms with Gasteiger partial charge in [0.25, 0.3) is 5.91 Å². The number of rotatable bonds is 13. The largest absolute Gasteiger partial charge is 0.496 e. The van der Waals surface area contributed by atoms with Gasteiger partial charge in [0.05, 0.1) is 14.2 Å². The predicted molar refractivity (Wildman–Crippen MR) is 152 cm³/mol. The molecule has 0 saturated heterocycles. The molecule has 0 aromatic heterocycles. The van der Waals surface area contributed by atoms with Crippen LogP contribution in [0.3, 0.4) is 0 Å². The number of ether oxygens (including phenoxy) is 3. The standard InChI is InChI=1S/C30H35BrN2O5/c1-5-21(2)32-30(35)28(15-22-9-7-6-8-10-22)33(19-23-11-13-24(31)14-12-23)29(34)20-38-27-17-25(36-3)16-26(18-27)37-4/h6-14,16-18,21,28H,5,15,19-20H2,1-4H3,(H,32,35)/t21-,28+/m1/s1. The average Bonchev–Trinajstić information content (AvgIpc) is 2.94. The van der Waals surface area contributed by atoms with Crippen LogP contribution in [-0.2, 0) is 22.6 Å². The van der Waals surface area contributed by atoms with Gasteiger partial charge in [-0.05, 0) is 36.6 Å². The fourth-order valence-electron chi connectivity index (χ4n) is 3.87. The summed E-state index contributed by atoms with van der Waals surface area (Å²) in [6.45, 7) is 3.97. The van der Waals surface area contributed by atoms with Crippen molar-refractivity contribution in [2.24, 2.45) is 0 Å². The van der Waals surface area contributed by atoms with Crippen LogP contribution in [0.4, 0.5) is 0 Å². The Morgan fingerprint density at radius 2 is 1.50 bits per heavy atom. The number of nitrogens with zero attached hydrogens (tertiary/aromatic N) is 1. The molecule has 0 aliphatic rings. The third-order valence-electron chi connectivity index (χ3n) is 6.23. The molecular formula is C30H35BrN2O5. The number of hydrogen-bond donors (Lipinski definition) is 1. The molecule has 0 bridgehead atoms. The zero-order chi connectivity index (χ0) is 27.5. The van der Waals surface area contributed by atoms with Gasteiger partial charge in [0, 0.05) is 41.7 Å². The number of carbonyl (C=O) groups excluding carboxylic acids is 2. The Bertz CT molecular complexity index is 1160. The first kappa shape index (κ1) is 29.0. The van der Waals surface area contributed by atoms with Crippen LogP contribution in [0.15, 0.2) is 77.3 Å². The smallest absolute Gasteiger partial charge is 0.261 e. The van der Waals surface area contributed by atoms with E-state index in [-0.39, 0.29) is 31.0 Å². The number of hydrogen-bond acceptors (Lipinski definition) is 5. The lowest BCUT2D eigenvalue weighted by Gasteiger charge is -2.32. The number of methoxy groups -OCH3 is 2. The van der Waals surface area contributed by atoms with Gasteiger partial charge in [0.1, 0.15) is 23.3 Å². The van der Waals surface area contributed by atoms with Crippen molar-refractivity contribution >= 4 is 27.7 Å². The average molecular weight is 584 g/mol. The normalized spacial score (nSPS) is 12.2. The molecule has 1 N–H and O–H groups in total. The molecule has 202 valence electrons. The summed E-state index contributed by atoms with van der Waals surface area (Å²) in [5.74, 6) is 1.02. The van der Waals surface area contributed by atoms with Gasteiger partial charge in [0.2, 0.25) is 5.91 Å². The van der Waals surface area contributed by atoms with E-state index in [4.69, 9.17) is 14.2 Å². The number of halogens is 1. The minimum Gasteiger partial charge on any atom is -0.496 e. The lowest BCUT2D eigenvalue weighted by Crippen LogP contribution is -2.53. The molecule has 7 nitrogen and oxygen atoms in total. The molecule has 0 aliphatic carbocycles. The number of benzene rings is 3. The van der Waals surface area contributed by atoms with Crippen LogP contribution in [0.25, 0.3) is 0 Å². The highest BCUT2D eigenvalue weighted by Gasteiger charge is 2.31. The molecule has 0 aliphatic heterocycles. The van der Waals surface area contributed by atoms with Crippen LogP contribution in [0, 0.1) is 0 Å². The molecule has 38 heavy (non-hydrogen) atoms. The maximum atomic E-state index is 13.7. The topological polar surface area (TPSA) is 77.1 Å². The van der Waals surface area contributed by atoms with E-state index in [1.54, 1.807) is 37.3 Å². The van der Waals surface area contributed by atoms with Gasteiger partial charge in [0.15, 0.2) is 6.61 Å². The van der Waals surface area contributed by atoms with Crippen LogP contribution in [0.5, 0.6) is 17.2 Å². The molecule has 2 atom stereocenters. The van der Waals surface area contributed by atoms with Gasteiger partial charge >= 0.3 is 0 Å². The maximum absolute atomic E-state index is 13.7. The van der Waals surface area contributed by atoms with Crippen molar-refractivity contribution < 1.29 is 23.8 Å². The van der Waals surface area contributed by atoms with Gasteiger partial charge in [-0.15, -0.1) is 0 Å². The highest BCUT2D eigenvalue weighted by molar-refractivity contribution is 9.10. The zero-order valence-electron chi connectivity index (χ0n) is 22.3. The number of carbonyl (C=O) groups is 2. The summed E-state index contributed by atoms with van der Waals surface area (Å²) in [5, 5.41) is 3.07. The highest BCUT2D eigenvalue weighted by Crippen LogP contribution is 2.27. The number of nitrogens with one attached hydrogen (secondary N) is 1. The summed E-state index contributed by atoms with van der Waals surface area (Å²) in [6.07, 6.45) is 1.16. The maximum Gasteiger partial charge on any atom is 0.261 e. The van der Waals surface area contributed by atoms with Crippen molar-refractivity contribution in [1.29, 1.82) is 0 Å². The van der Waals surface area contributed by atoms with E-state index in [1.165, 1.54) is 0 Å². The third kappa shape index (κ3) is 8.52. The van der Waals surface area contributed by atoms with E-state index in [0.717, 1.165) is 22.0 Å². The van der Waals surface area contributed by atoms with Gasteiger partial charge in [-0.3, -0.25) is 9.59 Å². The molecule has 3 aromatic rings. The Hall–Kier alpha value is -3.52. The van der Waals surface area contributed by atoms with Crippen molar-refractivity contribution in [2.75, 3.05) is 20.8 Å². The fraction of sp³-hybridized carbons (Fsp3) is 0.333. The molecular weight excluding hydrogens is 548 g/mol. The van der Waals surface area contributed by atoms with E-state index in [2.05, 4.69) is 21.2 Å². The summed E-state index contributed by atoms with van der Waals surface area (Å²) in [6, 6.07) is 21.8. The van der Waals surface area contributed by atoms with Gasteiger partial charge in [-0.1, -0.05) is 65.3 Å². The fourth-order valence-corrected chi connectivity index (χ4v) is 4.14. The van der Waals surface area contributed by atoms with Crippen molar-refractivity contribution in [3.63, 3.8) is 0 Å². The first-order valence-electron chi connectivity index (χ1n) is 12.6. The van der Waals surface area contributed by atoms with E-state index < -0.39 is 6.04 Å². The van der Waals surface area contributed by atoms with Crippen LogP contribution >= 0.6 is 15.9 Å². The highest BCUT2D eigenvalue weighted by atomic mass is 79.9. The molecule has 0 heterocycles. The first-order valence-corrected chi connectivity index (χ1v) is 13.4. The van der Waals surface area contributed by atoms with Gasteiger partial charge in [-0.25, -0.2) is 0 Å². The Kier molecular flexibility index (Phi) is 11.0. The summed E-state index contributed by atoms with van der Waals surface area (Å²) in [7, 11) is 3.10. The summed E-state index contributed by atoms with van der Waals surface area (Å²) >= 11 is 3.46.